The van der Waals surface area contributed by atoms with Crippen LogP contribution in [0.2, 0.25) is 0 Å². The number of benzene rings is 1. The third-order valence-electron chi connectivity index (χ3n) is 1.98. The minimum atomic E-state index is -1.26. The molecule has 86 valence electrons. The van der Waals surface area contributed by atoms with Gasteiger partial charge in [0.25, 0.3) is 0 Å². The fourth-order valence-corrected chi connectivity index (χ4v) is 1.16. The molecule has 0 aliphatic carbocycles. The molecule has 0 bridgehead atoms. The molecule has 1 N–H and O–H groups in total. The van der Waals surface area contributed by atoms with Gasteiger partial charge in [-0.2, -0.15) is 0 Å². The molecule has 0 unspecified atom stereocenters. The number of hydrogen-bond donors (Lipinski definition) is 1. The van der Waals surface area contributed by atoms with Gasteiger partial charge in [-0.3, -0.25) is 0 Å². The number of rotatable bonds is 5. The monoisotopic (exact) mass is 224 g/mol. The van der Waals surface area contributed by atoms with Gasteiger partial charge in [-0.05, 0) is 24.6 Å². The average molecular weight is 224 g/mol. The first-order chi connectivity index (χ1) is 7.65. The second-order valence-electron chi connectivity index (χ2n) is 3.20. The molecule has 0 fully saturated rings. The summed E-state index contributed by atoms with van der Waals surface area (Å²) in [6.45, 7) is 2.60. The Hall–Kier alpha value is -1.68. The van der Waals surface area contributed by atoms with Crippen LogP contribution in [0.25, 0.3) is 0 Å². The lowest BCUT2D eigenvalue weighted by atomic mass is 10.1. The number of ether oxygens (including phenoxy) is 1. The lowest BCUT2D eigenvalue weighted by Gasteiger charge is -2.03. The van der Waals surface area contributed by atoms with E-state index < -0.39 is 11.8 Å². The van der Waals surface area contributed by atoms with Crippen molar-refractivity contribution < 1.29 is 19.0 Å². The van der Waals surface area contributed by atoms with Crippen molar-refractivity contribution in [3.05, 3.63) is 47.3 Å². The highest BCUT2D eigenvalue weighted by molar-refractivity contribution is 5.87. The average Bonchev–Trinajstić information content (AvgIpc) is 2.24. The van der Waals surface area contributed by atoms with Gasteiger partial charge in [0.15, 0.2) is 0 Å². The van der Waals surface area contributed by atoms with E-state index in [4.69, 9.17) is 9.84 Å². The Labute approximate surface area is 93.2 Å². The number of carboxylic acids is 1. The summed E-state index contributed by atoms with van der Waals surface area (Å²) in [5.41, 5.74) is 0.296. The number of carboxylic acid groups (broad SMARTS) is 1. The van der Waals surface area contributed by atoms with Gasteiger partial charge in [-0.25, -0.2) is 9.18 Å². The molecule has 0 spiro atoms. The summed E-state index contributed by atoms with van der Waals surface area (Å²) in [7, 11) is 0. The topological polar surface area (TPSA) is 46.5 Å². The van der Waals surface area contributed by atoms with Crippen molar-refractivity contribution in [3.8, 4) is 0 Å². The summed E-state index contributed by atoms with van der Waals surface area (Å²) in [5.74, 6) is -2.00. The van der Waals surface area contributed by atoms with Crippen molar-refractivity contribution in [2.24, 2.45) is 0 Å². The van der Waals surface area contributed by atoms with E-state index in [0.717, 1.165) is 0 Å². The molecule has 1 rings (SSSR count). The fourth-order valence-electron chi connectivity index (χ4n) is 1.16. The Bertz CT molecular complexity index is 399. The molecule has 0 heterocycles. The van der Waals surface area contributed by atoms with Crippen LogP contribution >= 0.6 is 0 Å². The molecule has 0 radical (unpaired) electrons. The van der Waals surface area contributed by atoms with Crippen LogP contribution < -0.4 is 0 Å². The zero-order valence-corrected chi connectivity index (χ0v) is 8.94. The molecular formula is C12H13FO3. The molecule has 0 atom stereocenters. The van der Waals surface area contributed by atoms with Crippen molar-refractivity contribution in [2.75, 3.05) is 6.61 Å². The maximum Gasteiger partial charge on any atom is 0.338 e. The predicted octanol–water partition coefficient (Wildman–Crippen LogP) is 2.62. The number of allylic oxidation sites excluding steroid dienone is 1. The Balaban J connectivity index is 2.63. The molecule has 0 aromatic heterocycles. The fraction of sp³-hybridized carbons (Fsp3) is 0.250. The summed E-state index contributed by atoms with van der Waals surface area (Å²) in [6.07, 6.45) is 3.69. The molecule has 0 aliphatic rings. The van der Waals surface area contributed by atoms with Crippen LogP contribution in [0.5, 0.6) is 0 Å². The minimum Gasteiger partial charge on any atom is -0.478 e. The van der Waals surface area contributed by atoms with Gasteiger partial charge in [0.1, 0.15) is 5.82 Å². The summed E-state index contributed by atoms with van der Waals surface area (Å²) in [4.78, 5) is 10.6. The molecule has 0 aliphatic heterocycles. The number of halogens is 1. The third-order valence-corrected chi connectivity index (χ3v) is 1.98. The highest BCUT2D eigenvalue weighted by Gasteiger charge is 2.09. The Morgan fingerprint density at radius 3 is 2.88 bits per heavy atom. The first-order valence-corrected chi connectivity index (χ1v) is 4.85. The maximum atomic E-state index is 13.2. The Kier molecular flexibility index (Phi) is 4.66. The largest absolute Gasteiger partial charge is 0.478 e. The van der Waals surface area contributed by atoms with Crippen LogP contribution in [0.1, 0.15) is 22.8 Å². The SMILES string of the molecule is C/C=C/COCc1ccc(C(=O)O)c(F)c1. The van der Waals surface area contributed by atoms with Crippen LogP contribution in [-0.2, 0) is 11.3 Å². The van der Waals surface area contributed by atoms with Gasteiger partial charge >= 0.3 is 5.97 Å². The molecule has 1 aromatic rings. The standard InChI is InChI=1S/C12H13FO3/c1-2-3-6-16-8-9-4-5-10(12(14)15)11(13)7-9/h2-5,7H,6,8H2,1H3,(H,14,15)/b3-2+. The quantitative estimate of drug-likeness (QED) is 0.617. The number of carbonyl (C=O) groups is 1. The molecule has 4 heteroatoms. The van der Waals surface area contributed by atoms with Crippen LogP contribution in [0.4, 0.5) is 4.39 Å². The number of hydrogen-bond acceptors (Lipinski definition) is 2. The highest BCUT2D eigenvalue weighted by Crippen LogP contribution is 2.11. The van der Waals surface area contributed by atoms with E-state index in [0.29, 0.717) is 12.2 Å². The molecule has 3 nitrogen and oxygen atoms in total. The van der Waals surface area contributed by atoms with Gasteiger partial charge in [-0.15, -0.1) is 0 Å². The second kappa shape index (κ2) is 6.02. The Morgan fingerprint density at radius 1 is 1.56 bits per heavy atom. The van der Waals surface area contributed by atoms with Crippen LogP contribution in [0.15, 0.2) is 30.4 Å². The first-order valence-electron chi connectivity index (χ1n) is 4.85. The molecule has 1 aromatic carbocycles. The van der Waals surface area contributed by atoms with Crippen molar-refractivity contribution in [1.82, 2.24) is 0 Å². The van der Waals surface area contributed by atoms with Crippen LogP contribution in [0, 0.1) is 5.82 Å². The minimum absolute atomic E-state index is 0.265. The second-order valence-corrected chi connectivity index (χ2v) is 3.20. The van der Waals surface area contributed by atoms with E-state index in [1.54, 1.807) is 6.07 Å². The van der Waals surface area contributed by atoms with Crippen molar-refractivity contribution in [3.63, 3.8) is 0 Å². The van der Waals surface area contributed by atoms with Gasteiger partial charge in [-0.1, -0.05) is 18.2 Å². The van der Waals surface area contributed by atoms with Crippen molar-refractivity contribution >= 4 is 5.97 Å². The lowest BCUT2D eigenvalue weighted by molar-refractivity contribution is 0.0691. The summed E-state index contributed by atoms with van der Waals surface area (Å²) < 4.78 is 18.4. The summed E-state index contributed by atoms with van der Waals surface area (Å²) >= 11 is 0. The third kappa shape index (κ3) is 3.47. The van der Waals surface area contributed by atoms with Crippen LogP contribution in [0.3, 0.4) is 0 Å². The van der Waals surface area contributed by atoms with E-state index in [9.17, 15) is 9.18 Å². The Morgan fingerprint density at radius 2 is 2.31 bits per heavy atom. The van der Waals surface area contributed by atoms with E-state index in [-0.39, 0.29) is 12.2 Å². The van der Waals surface area contributed by atoms with E-state index in [1.807, 2.05) is 19.1 Å². The van der Waals surface area contributed by atoms with E-state index in [2.05, 4.69) is 0 Å². The lowest BCUT2D eigenvalue weighted by Crippen LogP contribution is -2.02. The molecule has 0 amide bonds. The molecule has 16 heavy (non-hydrogen) atoms. The normalized spacial score (nSPS) is 10.9. The molecular weight excluding hydrogens is 211 g/mol. The first kappa shape index (κ1) is 12.4. The maximum absolute atomic E-state index is 13.2. The van der Waals surface area contributed by atoms with E-state index in [1.165, 1.54) is 12.1 Å². The number of aromatic carboxylic acids is 1. The van der Waals surface area contributed by atoms with Gasteiger partial charge in [0, 0.05) is 0 Å². The molecule has 0 saturated heterocycles. The van der Waals surface area contributed by atoms with Crippen LogP contribution in [-0.4, -0.2) is 17.7 Å². The van der Waals surface area contributed by atoms with Crippen molar-refractivity contribution in [1.29, 1.82) is 0 Å². The van der Waals surface area contributed by atoms with E-state index >= 15 is 0 Å². The van der Waals surface area contributed by atoms with Gasteiger partial charge < -0.3 is 9.84 Å². The zero-order valence-electron chi connectivity index (χ0n) is 8.94. The highest BCUT2D eigenvalue weighted by atomic mass is 19.1. The summed E-state index contributed by atoms with van der Waals surface area (Å²) in [5, 5.41) is 8.62. The van der Waals surface area contributed by atoms with Gasteiger partial charge in [0.05, 0.1) is 18.8 Å². The van der Waals surface area contributed by atoms with Crippen molar-refractivity contribution in [2.45, 2.75) is 13.5 Å². The summed E-state index contributed by atoms with van der Waals surface area (Å²) in [6, 6.07) is 3.97. The molecule has 0 saturated carbocycles. The van der Waals surface area contributed by atoms with Gasteiger partial charge in [0.2, 0.25) is 0 Å². The predicted molar refractivity (Wildman–Crippen MR) is 57.8 cm³/mol. The zero-order chi connectivity index (χ0) is 12.0. The smallest absolute Gasteiger partial charge is 0.338 e.